The number of hydrogen-bond donors (Lipinski definition) is 0. The molecule has 2 aliphatic rings. The normalized spacial score (nSPS) is 17.4. The minimum Gasteiger partial charge on any atom is -0.347 e. The van der Waals surface area contributed by atoms with E-state index in [0.29, 0.717) is 37.8 Å². The number of piperazine rings is 1. The highest BCUT2D eigenvalue weighted by atomic mass is 32.1. The van der Waals surface area contributed by atoms with E-state index in [9.17, 15) is 4.79 Å². The number of hydrogen-bond acceptors (Lipinski definition) is 8. The van der Waals surface area contributed by atoms with E-state index in [-0.39, 0.29) is 5.91 Å². The second-order valence-electron chi connectivity index (χ2n) is 7.51. The molecule has 5 rings (SSSR count). The fourth-order valence-electron chi connectivity index (χ4n) is 3.97. The average molecular weight is 425 g/mol. The van der Waals surface area contributed by atoms with Gasteiger partial charge in [-0.25, -0.2) is 9.97 Å². The van der Waals surface area contributed by atoms with Gasteiger partial charge in [0.15, 0.2) is 0 Å². The molecule has 0 atom stereocenters. The van der Waals surface area contributed by atoms with E-state index in [1.54, 1.807) is 23.7 Å². The van der Waals surface area contributed by atoms with Gasteiger partial charge in [0, 0.05) is 57.9 Å². The minimum absolute atomic E-state index is 0.0170. The van der Waals surface area contributed by atoms with Gasteiger partial charge in [-0.1, -0.05) is 11.3 Å². The molecule has 0 bridgehead atoms. The van der Waals surface area contributed by atoms with Crippen LogP contribution in [0.5, 0.6) is 0 Å². The molecule has 30 heavy (non-hydrogen) atoms. The largest absolute Gasteiger partial charge is 0.347 e. The SMILES string of the molecule is O=C(c1cccn1-c1nnc(N2CCCCC2)s1)N1CCN(c2ncccn2)CC1. The van der Waals surface area contributed by atoms with Gasteiger partial charge in [0.1, 0.15) is 5.69 Å². The van der Waals surface area contributed by atoms with Crippen molar-refractivity contribution >= 4 is 28.3 Å². The molecule has 3 aromatic heterocycles. The fraction of sp³-hybridized carbons (Fsp3) is 0.450. The van der Waals surface area contributed by atoms with Crippen molar-refractivity contribution in [3.63, 3.8) is 0 Å². The zero-order valence-corrected chi connectivity index (χ0v) is 17.5. The second-order valence-corrected chi connectivity index (χ2v) is 8.44. The Morgan fingerprint density at radius 3 is 2.33 bits per heavy atom. The summed E-state index contributed by atoms with van der Waals surface area (Å²) in [4.78, 5) is 28.1. The fourth-order valence-corrected chi connectivity index (χ4v) is 4.86. The molecular weight excluding hydrogens is 400 g/mol. The summed E-state index contributed by atoms with van der Waals surface area (Å²) in [5.74, 6) is 0.732. The maximum absolute atomic E-state index is 13.2. The zero-order valence-electron chi connectivity index (χ0n) is 16.7. The topological polar surface area (TPSA) is 83.3 Å². The number of rotatable bonds is 4. The van der Waals surface area contributed by atoms with Crippen molar-refractivity contribution in [2.24, 2.45) is 0 Å². The van der Waals surface area contributed by atoms with Gasteiger partial charge >= 0.3 is 0 Å². The first-order valence-electron chi connectivity index (χ1n) is 10.4. The van der Waals surface area contributed by atoms with Crippen molar-refractivity contribution in [1.82, 2.24) is 29.6 Å². The monoisotopic (exact) mass is 424 g/mol. The molecule has 0 N–H and O–H groups in total. The Morgan fingerprint density at radius 2 is 1.57 bits per heavy atom. The van der Waals surface area contributed by atoms with E-state index in [4.69, 9.17) is 0 Å². The summed E-state index contributed by atoms with van der Waals surface area (Å²) in [6.45, 7) is 4.76. The van der Waals surface area contributed by atoms with Crippen molar-refractivity contribution in [2.45, 2.75) is 19.3 Å². The van der Waals surface area contributed by atoms with Crippen LogP contribution in [0.1, 0.15) is 29.8 Å². The van der Waals surface area contributed by atoms with Gasteiger partial charge in [0.2, 0.25) is 16.2 Å². The maximum Gasteiger partial charge on any atom is 0.271 e. The lowest BCUT2D eigenvalue weighted by atomic mass is 10.1. The first-order chi connectivity index (χ1) is 14.8. The van der Waals surface area contributed by atoms with Crippen LogP contribution in [0.2, 0.25) is 0 Å². The Labute approximate surface area is 179 Å². The molecule has 1 amide bonds. The lowest BCUT2D eigenvalue weighted by Crippen LogP contribution is -2.49. The zero-order chi connectivity index (χ0) is 20.3. The van der Waals surface area contributed by atoms with Gasteiger partial charge in [-0.2, -0.15) is 0 Å². The predicted octanol–water partition coefficient (Wildman–Crippen LogP) is 2.07. The Hall–Kier alpha value is -3.01. The van der Waals surface area contributed by atoms with Crippen LogP contribution >= 0.6 is 11.3 Å². The molecule has 2 saturated heterocycles. The summed E-state index contributed by atoms with van der Waals surface area (Å²) in [5.41, 5.74) is 0.626. The van der Waals surface area contributed by atoms with Crippen LogP contribution in [0.3, 0.4) is 0 Å². The molecule has 0 spiro atoms. The quantitative estimate of drug-likeness (QED) is 0.634. The molecule has 0 saturated carbocycles. The van der Waals surface area contributed by atoms with E-state index in [1.807, 2.05) is 33.9 Å². The molecule has 2 fully saturated rings. The summed E-state index contributed by atoms with van der Waals surface area (Å²) in [6, 6.07) is 5.56. The lowest BCUT2D eigenvalue weighted by molar-refractivity contribution is 0.0738. The molecular formula is C20H24N8OS. The predicted molar refractivity (Wildman–Crippen MR) is 115 cm³/mol. The first kappa shape index (κ1) is 19.0. The third kappa shape index (κ3) is 3.74. The summed E-state index contributed by atoms with van der Waals surface area (Å²) >= 11 is 1.54. The van der Waals surface area contributed by atoms with Gasteiger partial charge in [-0.3, -0.25) is 9.36 Å². The third-order valence-electron chi connectivity index (χ3n) is 5.61. The minimum atomic E-state index is 0.0170. The molecule has 3 aromatic rings. The van der Waals surface area contributed by atoms with E-state index < -0.39 is 0 Å². The standard InChI is InChI=1S/C20H24N8OS/c29-17(25-12-14-26(15-13-25)18-21-7-5-8-22-18)16-6-4-11-28(16)20-24-23-19(30-20)27-9-2-1-3-10-27/h4-8,11H,1-3,9-10,12-15H2. The van der Waals surface area contributed by atoms with Crippen molar-refractivity contribution in [2.75, 3.05) is 49.1 Å². The van der Waals surface area contributed by atoms with E-state index in [1.165, 1.54) is 19.3 Å². The summed E-state index contributed by atoms with van der Waals surface area (Å²) in [7, 11) is 0. The van der Waals surface area contributed by atoms with Gasteiger partial charge in [0.25, 0.3) is 5.91 Å². The van der Waals surface area contributed by atoms with Crippen molar-refractivity contribution in [3.05, 3.63) is 42.5 Å². The van der Waals surface area contributed by atoms with Crippen molar-refractivity contribution in [3.8, 4) is 5.13 Å². The number of piperidine rings is 1. The Morgan fingerprint density at radius 1 is 0.833 bits per heavy atom. The van der Waals surface area contributed by atoms with Crippen LogP contribution in [0.15, 0.2) is 36.8 Å². The number of amides is 1. The molecule has 156 valence electrons. The van der Waals surface area contributed by atoms with Gasteiger partial charge in [-0.05, 0) is 37.5 Å². The molecule has 10 heteroatoms. The van der Waals surface area contributed by atoms with Gasteiger partial charge in [0.05, 0.1) is 0 Å². The highest BCUT2D eigenvalue weighted by Crippen LogP contribution is 2.27. The molecule has 9 nitrogen and oxygen atoms in total. The van der Waals surface area contributed by atoms with Crippen LogP contribution in [-0.2, 0) is 0 Å². The molecule has 0 aromatic carbocycles. The van der Waals surface area contributed by atoms with Crippen LogP contribution < -0.4 is 9.80 Å². The molecule has 0 aliphatic carbocycles. The van der Waals surface area contributed by atoms with Crippen LogP contribution in [-0.4, -0.2) is 74.8 Å². The number of carbonyl (C=O) groups is 1. The van der Waals surface area contributed by atoms with Crippen LogP contribution in [0.4, 0.5) is 11.1 Å². The smallest absolute Gasteiger partial charge is 0.271 e. The number of nitrogens with zero attached hydrogens (tertiary/aromatic N) is 8. The Bertz CT molecular complexity index is 989. The van der Waals surface area contributed by atoms with E-state index in [2.05, 4.69) is 30.0 Å². The Kier molecular flexibility index (Phi) is 5.31. The third-order valence-corrected chi connectivity index (χ3v) is 6.59. The highest BCUT2D eigenvalue weighted by Gasteiger charge is 2.26. The van der Waals surface area contributed by atoms with E-state index >= 15 is 0 Å². The maximum atomic E-state index is 13.2. The Balaban J connectivity index is 1.28. The first-order valence-corrected chi connectivity index (χ1v) is 11.2. The van der Waals surface area contributed by atoms with Crippen molar-refractivity contribution in [1.29, 1.82) is 0 Å². The number of aromatic nitrogens is 5. The average Bonchev–Trinajstić information content (AvgIpc) is 3.50. The number of anilines is 2. The van der Waals surface area contributed by atoms with Crippen LogP contribution in [0.25, 0.3) is 5.13 Å². The molecule has 0 unspecified atom stereocenters. The molecule has 0 radical (unpaired) electrons. The second kappa shape index (κ2) is 8.39. The van der Waals surface area contributed by atoms with E-state index in [0.717, 1.165) is 23.4 Å². The summed E-state index contributed by atoms with van der Waals surface area (Å²) < 4.78 is 1.86. The van der Waals surface area contributed by atoms with Crippen LogP contribution in [0, 0.1) is 0 Å². The van der Waals surface area contributed by atoms with Gasteiger partial charge < -0.3 is 14.7 Å². The highest BCUT2D eigenvalue weighted by molar-refractivity contribution is 7.17. The summed E-state index contributed by atoms with van der Waals surface area (Å²) in [5, 5.41) is 10.4. The lowest BCUT2D eigenvalue weighted by Gasteiger charge is -2.34. The summed E-state index contributed by atoms with van der Waals surface area (Å²) in [6.07, 6.45) is 9.05. The number of carbonyl (C=O) groups excluding carboxylic acids is 1. The van der Waals surface area contributed by atoms with Crippen molar-refractivity contribution < 1.29 is 4.79 Å². The molecule has 2 aliphatic heterocycles. The van der Waals surface area contributed by atoms with Gasteiger partial charge in [-0.15, -0.1) is 10.2 Å². The molecule has 5 heterocycles.